The predicted octanol–water partition coefficient (Wildman–Crippen LogP) is 4.54. The van der Waals surface area contributed by atoms with E-state index in [0.717, 1.165) is 22.0 Å². The maximum atomic E-state index is 12.1. The lowest BCUT2D eigenvalue weighted by molar-refractivity contribution is 0.0984. The molecule has 0 atom stereocenters. The molecule has 2 N–H and O–H groups in total. The van der Waals surface area contributed by atoms with Gasteiger partial charge in [0, 0.05) is 23.9 Å². The first-order valence-electron chi connectivity index (χ1n) is 8.26. The smallest absolute Gasteiger partial charge is 0.319 e. The van der Waals surface area contributed by atoms with Gasteiger partial charge in [0.25, 0.3) is 0 Å². The van der Waals surface area contributed by atoms with Crippen molar-refractivity contribution in [1.29, 1.82) is 0 Å². The number of rotatable bonds is 5. The van der Waals surface area contributed by atoms with E-state index in [-0.39, 0.29) is 18.2 Å². The lowest BCUT2D eigenvalue weighted by atomic mass is 10.1. The Bertz CT molecular complexity index is 896. The summed E-state index contributed by atoms with van der Waals surface area (Å²) in [6.45, 7) is 2.27. The lowest BCUT2D eigenvalue weighted by Crippen LogP contribution is -2.30. The van der Waals surface area contributed by atoms with E-state index in [4.69, 9.17) is 0 Å². The van der Waals surface area contributed by atoms with Gasteiger partial charge in [-0.2, -0.15) is 0 Å². The van der Waals surface area contributed by atoms with Crippen molar-refractivity contribution in [1.82, 2.24) is 5.32 Å². The summed E-state index contributed by atoms with van der Waals surface area (Å²) >= 11 is 0. The molecular weight excluding hydrogens is 312 g/mol. The van der Waals surface area contributed by atoms with Gasteiger partial charge in [-0.1, -0.05) is 66.2 Å². The molecular formula is C21H20N2O2. The van der Waals surface area contributed by atoms with E-state index in [0.29, 0.717) is 12.1 Å². The quantitative estimate of drug-likeness (QED) is 0.674. The largest absolute Gasteiger partial charge is 0.337 e. The number of ketones is 1. The molecule has 0 spiro atoms. The number of anilines is 1. The molecule has 3 aromatic rings. The second kappa shape index (κ2) is 7.62. The number of carbonyl (C=O) groups is 2. The van der Waals surface area contributed by atoms with Crippen LogP contribution in [-0.4, -0.2) is 18.4 Å². The summed E-state index contributed by atoms with van der Waals surface area (Å²) in [6.07, 6.45) is 0.270. The molecule has 2 amide bonds. The van der Waals surface area contributed by atoms with E-state index in [1.165, 1.54) is 0 Å². The zero-order chi connectivity index (χ0) is 17.6. The number of fused-ring (bicyclic) bond motifs is 1. The Hall–Kier alpha value is -3.14. The fourth-order valence-electron chi connectivity index (χ4n) is 2.67. The van der Waals surface area contributed by atoms with Crippen LogP contribution in [0.3, 0.4) is 0 Å². The Balaban J connectivity index is 1.54. The number of amides is 2. The molecule has 0 aliphatic heterocycles. The van der Waals surface area contributed by atoms with Crippen LogP contribution < -0.4 is 10.6 Å². The molecule has 3 aromatic carbocycles. The van der Waals surface area contributed by atoms with Crippen LogP contribution in [0.25, 0.3) is 10.8 Å². The molecule has 0 radical (unpaired) electrons. The highest BCUT2D eigenvalue weighted by Crippen LogP contribution is 2.22. The maximum Gasteiger partial charge on any atom is 0.319 e. The van der Waals surface area contributed by atoms with Crippen molar-refractivity contribution in [3.8, 4) is 0 Å². The van der Waals surface area contributed by atoms with E-state index < -0.39 is 0 Å². The first-order valence-corrected chi connectivity index (χ1v) is 8.26. The monoisotopic (exact) mass is 332 g/mol. The third kappa shape index (κ3) is 4.23. The second-order valence-corrected chi connectivity index (χ2v) is 5.95. The van der Waals surface area contributed by atoms with Crippen molar-refractivity contribution in [2.45, 2.75) is 13.3 Å². The van der Waals surface area contributed by atoms with Crippen molar-refractivity contribution >= 4 is 28.3 Å². The average Bonchev–Trinajstić information content (AvgIpc) is 2.62. The SMILES string of the molecule is Cc1ccc(C(=O)CCNC(=O)Nc2cccc3ccccc23)cc1. The number of carbonyl (C=O) groups excluding carboxylic acids is 2. The van der Waals surface area contributed by atoms with Gasteiger partial charge in [-0.15, -0.1) is 0 Å². The Morgan fingerprint density at radius 3 is 2.40 bits per heavy atom. The van der Waals surface area contributed by atoms with Crippen molar-refractivity contribution in [3.05, 3.63) is 77.9 Å². The molecule has 4 nitrogen and oxygen atoms in total. The first-order chi connectivity index (χ1) is 12.1. The molecule has 0 heterocycles. The molecule has 0 bridgehead atoms. The van der Waals surface area contributed by atoms with E-state index in [9.17, 15) is 9.59 Å². The van der Waals surface area contributed by atoms with Crippen molar-refractivity contribution in [2.24, 2.45) is 0 Å². The molecule has 0 aromatic heterocycles. The summed E-state index contributed by atoms with van der Waals surface area (Å²) in [5.41, 5.74) is 2.53. The van der Waals surface area contributed by atoms with Crippen molar-refractivity contribution in [3.63, 3.8) is 0 Å². The molecule has 0 unspecified atom stereocenters. The number of urea groups is 1. The van der Waals surface area contributed by atoms with Gasteiger partial charge in [-0.3, -0.25) is 4.79 Å². The normalized spacial score (nSPS) is 10.4. The minimum absolute atomic E-state index is 0.0189. The van der Waals surface area contributed by atoms with Crippen LogP contribution in [0, 0.1) is 6.92 Å². The molecule has 0 saturated carbocycles. The minimum atomic E-state index is -0.312. The van der Waals surface area contributed by atoms with Crippen molar-refractivity contribution in [2.75, 3.05) is 11.9 Å². The third-order valence-electron chi connectivity index (χ3n) is 4.05. The molecule has 126 valence electrons. The van der Waals surface area contributed by atoms with Crippen LogP contribution in [-0.2, 0) is 0 Å². The molecule has 3 rings (SSSR count). The maximum absolute atomic E-state index is 12.1. The zero-order valence-corrected chi connectivity index (χ0v) is 14.1. The molecule has 0 saturated heterocycles. The molecule has 25 heavy (non-hydrogen) atoms. The average molecular weight is 332 g/mol. The summed E-state index contributed by atoms with van der Waals surface area (Å²) < 4.78 is 0. The minimum Gasteiger partial charge on any atom is -0.337 e. The number of hydrogen-bond acceptors (Lipinski definition) is 2. The highest BCUT2D eigenvalue weighted by molar-refractivity contribution is 6.02. The fourth-order valence-corrected chi connectivity index (χ4v) is 2.67. The standard InChI is InChI=1S/C21H20N2O2/c1-15-9-11-17(12-10-15)20(24)13-14-22-21(25)23-19-8-4-6-16-5-2-3-7-18(16)19/h2-12H,13-14H2,1H3,(H2,22,23,25). The van der Waals surface area contributed by atoms with Gasteiger partial charge in [0.2, 0.25) is 0 Å². The number of hydrogen-bond donors (Lipinski definition) is 2. The number of benzene rings is 3. The van der Waals surface area contributed by atoms with Gasteiger partial charge in [-0.05, 0) is 18.4 Å². The van der Waals surface area contributed by atoms with Gasteiger partial charge in [-0.25, -0.2) is 4.79 Å². The summed E-state index contributed by atoms with van der Waals surface area (Å²) in [7, 11) is 0. The summed E-state index contributed by atoms with van der Waals surface area (Å²) in [4.78, 5) is 24.2. The number of Topliss-reactive ketones (excluding diaryl/α,β-unsaturated/α-hetero) is 1. The van der Waals surface area contributed by atoms with Gasteiger partial charge in [0.1, 0.15) is 0 Å². The molecule has 0 aliphatic rings. The highest BCUT2D eigenvalue weighted by Gasteiger charge is 2.08. The first kappa shape index (κ1) is 16.7. The zero-order valence-electron chi connectivity index (χ0n) is 14.1. The van der Waals surface area contributed by atoms with Crippen molar-refractivity contribution < 1.29 is 9.59 Å². The third-order valence-corrected chi connectivity index (χ3v) is 4.05. The topological polar surface area (TPSA) is 58.2 Å². The molecule has 0 aliphatic carbocycles. The van der Waals surface area contributed by atoms with Crippen LogP contribution in [0.2, 0.25) is 0 Å². The van der Waals surface area contributed by atoms with Crippen LogP contribution in [0.1, 0.15) is 22.3 Å². The number of aryl methyl sites for hydroxylation is 1. The Labute approximate surface area is 146 Å². The van der Waals surface area contributed by atoms with Gasteiger partial charge in [0.05, 0.1) is 5.69 Å². The predicted molar refractivity (Wildman–Crippen MR) is 101 cm³/mol. The van der Waals surface area contributed by atoms with Crippen LogP contribution in [0.4, 0.5) is 10.5 Å². The molecule has 4 heteroatoms. The van der Waals surface area contributed by atoms with E-state index >= 15 is 0 Å². The van der Waals surface area contributed by atoms with E-state index in [2.05, 4.69) is 10.6 Å². The second-order valence-electron chi connectivity index (χ2n) is 5.95. The highest BCUT2D eigenvalue weighted by atomic mass is 16.2. The Morgan fingerprint density at radius 1 is 0.880 bits per heavy atom. The van der Waals surface area contributed by atoms with Gasteiger partial charge < -0.3 is 10.6 Å². The summed E-state index contributed by atoms with van der Waals surface area (Å²) in [5, 5.41) is 7.63. The van der Waals surface area contributed by atoms with Crippen LogP contribution in [0.15, 0.2) is 66.7 Å². The fraction of sp³-hybridized carbons (Fsp3) is 0.143. The number of nitrogens with one attached hydrogen (secondary N) is 2. The Kier molecular flexibility index (Phi) is 5.09. The van der Waals surface area contributed by atoms with Gasteiger partial charge in [0.15, 0.2) is 5.78 Å². The molecule has 0 fully saturated rings. The summed E-state index contributed by atoms with van der Waals surface area (Å²) in [5.74, 6) is 0.0189. The van der Waals surface area contributed by atoms with E-state index in [1.54, 1.807) is 0 Å². The summed E-state index contributed by atoms with van der Waals surface area (Å²) in [6, 6.07) is 20.8. The lowest BCUT2D eigenvalue weighted by Gasteiger charge is -2.10. The van der Waals surface area contributed by atoms with Crippen LogP contribution >= 0.6 is 0 Å². The Morgan fingerprint density at radius 2 is 1.60 bits per heavy atom. The van der Waals surface area contributed by atoms with Crippen LogP contribution in [0.5, 0.6) is 0 Å². The van der Waals surface area contributed by atoms with E-state index in [1.807, 2.05) is 73.7 Å². The van der Waals surface area contributed by atoms with Gasteiger partial charge >= 0.3 is 6.03 Å².